The number of benzene rings is 8. The highest BCUT2D eigenvalue weighted by atomic mass is 35.5. The second-order valence-electron chi connectivity index (χ2n) is 27.0. The van der Waals surface area contributed by atoms with Crippen molar-refractivity contribution in [2.75, 3.05) is 34.5 Å². The van der Waals surface area contributed by atoms with E-state index in [-0.39, 0.29) is 148 Å². The highest BCUT2D eigenvalue weighted by molar-refractivity contribution is 7.92. The number of rotatable bonds is 22. The fraction of sp³-hybridized carbons (Fsp3) is 0.189. The van der Waals surface area contributed by atoms with Gasteiger partial charge in [0.05, 0.1) is 114 Å². The lowest BCUT2D eigenvalue weighted by molar-refractivity contribution is -0.122. The molecule has 28 nitrogen and oxygen atoms in total. The first-order chi connectivity index (χ1) is 52.7. The van der Waals surface area contributed by atoms with E-state index in [0.717, 1.165) is 49.3 Å². The van der Waals surface area contributed by atoms with Gasteiger partial charge in [0, 0.05) is 85.8 Å². The molecule has 6 aromatic heterocycles. The van der Waals surface area contributed by atoms with Gasteiger partial charge < -0.3 is 30.8 Å². The number of nitrogens with one attached hydrogen (secondary N) is 6. The number of anilines is 2. The van der Waals surface area contributed by atoms with Crippen molar-refractivity contribution in [3.63, 3.8) is 0 Å². The van der Waals surface area contributed by atoms with Crippen molar-refractivity contribution < 1.29 is 71.0 Å². The molecule has 2 amide bonds. The number of carbonyl (C=O) groups excluding carboxylic acids is 2. The minimum atomic E-state index is -3.85. The number of hydrogen-bond acceptors (Lipinski definition) is 18. The van der Waals surface area contributed by atoms with Gasteiger partial charge in [-0.2, -0.15) is 10.2 Å². The van der Waals surface area contributed by atoms with E-state index in [2.05, 4.69) is 40.2 Å². The normalized spacial score (nSPS) is 12.8. The van der Waals surface area contributed by atoms with Gasteiger partial charge in [-0.3, -0.25) is 47.1 Å². The molecule has 0 fully saturated rings. The summed E-state index contributed by atoms with van der Waals surface area (Å²) < 4.78 is 166. The summed E-state index contributed by atoms with van der Waals surface area (Å²) in [6.45, 7) is 0. The number of aromatic hydroxyl groups is 2. The van der Waals surface area contributed by atoms with E-state index in [4.69, 9.17) is 33.2 Å². The summed E-state index contributed by atoms with van der Waals surface area (Å²) in [6.07, 6.45) is 6.12. The molecule has 0 aliphatic rings. The lowest BCUT2D eigenvalue weighted by atomic mass is 10.0. The molecule has 0 aliphatic heterocycles. The second kappa shape index (κ2) is 30.2. The number of halogens is 6. The molecule has 0 spiro atoms. The third-order valence-electron chi connectivity index (χ3n) is 17.9. The molecule has 112 heavy (non-hydrogen) atoms. The fourth-order valence-electron chi connectivity index (χ4n) is 13.6. The molecule has 38 heteroatoms. The number of nitrogens with zero attached hydrogens (tertiary/aromatic N) is 8. The van der Waals surface area contributed by atoms with Gasteiger partial charge in [-0.15, -0.1) is 0 Å². The van der Waals surface area contributed by atoms with Crippen LogP contribution in [0.1, 0.15) is 57.1 Å². The topological polar surface area (TPSA) is 396 Å². The zero-order valence-corrected chi connectivity index (χ0v) is 64.3. The van der Waals surface area contributed by atoms with E-state index in [0.29, 0.717) is 56.2 Å². The van der Waals surface area contributed by atoms with Gasteiger partial charge in [-0.25, -0.2) is 61.2 Å². The first kappa shape index (κ1) is 78.4. The van der Waals surface area contributed by atoms with Crippen LogP contribution in [0.3, 0.4) is 0 Å². The second-order valence-corrected chi connectivity index (χ2v) is 35.6. The van der Waals surface area contributed by atoms with Crippen molar-refractivity contribution in [2.45, 2.75) is 49.3 Å². The fourth-order valence-corrected chi connectivity index (χ4v) is 16.6. The number of H-pyrrole nitrogens is 2. The molecule has 8 aromatic carbocycles. The van der Waals surface area contributed by atoms with Crippen LogP contribution < -0.4 is 31.2 Å². The Balaban J connectivity index is 0.000000196. The van der Waals surface area contributed by atoms with Gasteiger partial charge in [0.15, 0.2) is 31.3 Å². The monoisotopic (exact) mass is 1650 g/mol. The van der Waals surface area contributed by atoms with E-state index in [9.17, 15) is 80.6 Å². The summed E-state index contributed by atoms with van der Waals surface area (Å²) in [7, 11) is -11.7. The predicted molar refractivity (Wildman–Crippen MR) is 416 cm³/mol. The number of hydrogen-bond donors (Lipinski definition) is 8. The number of phenols is 2. The molecule has 0 saturated carbocycles. The Bertz CT molecular complexity index is 6440. The van der Waals surface area contributed by atoms with Crippen LogP contribution in [-0.2, 0) is 101 Å². The highest BCUT2D eigenvalue weighted by Gasteiger charge is 2.32. The molecule has 14 aromatic rings. The zero-order chi connectivity index (χ0) is 80.5. The Hall–Kier alpha value is -11.7. The van der Waals surface area contributed by atoms with Crippen molar-refractivity contribution in [3.8, 4) is 22.9 Å². The minimum absolute atomic E-state index is 0.0243. The van der Waals surface area contributed by atoms with Crippen LogP contribution in [0.2, 0.25) is 10.0 Å². The maximum atomic E-state index is 14.8. The molecule has 0 unspecified atom stereocenters. The van der Waals surface area contributed by atoms with Crippen LogP contribution in [0.25, 0.3) is 76.8 Å². The van der Waals surface area contributed by atoms with Gasteiger partial charge in [0.25, 0.3) is 11.1 Å². The molecule has 0 radical (unpaired) electrons. The van der Waals surface area contributed by atoms with Crippen LogP contribution in [0, 0.1) is 23.3 Å². The predicted octanol–water partition coefficient (Wildman–Crippen LogP) is 9.90. The van der Waals surface area contributed by atoms with Crippen LogP contribution >= 0.6 is 23.2 Å². The molecule has 0 saturated heterocycles. The van der Waals surface area contributed by atoms with Crippen LogP contribution in [0.4, 0.5) is 29.2 Å². The van der Waals surface area contributed by atoms with Crippen molar-refractivity contribution >= 4 is 152 Å². The maximum Gasteiger partial charge on any atom is 0.266 e. The first-order valence-corrected chi connectivity index (χ1v) is 42.1. The summed E-state index contributed by atoms with van der Waals surface area (Å²) in [4.78, 5) is 73.3. The Morgan fingerprint density at radius 1 is 0.482 bits per heavy atom. The third-order valence-corrected chi connectivity index (χ3v) is 21.4. The Kier molecular flexibility index (Phi) is 21.1. The number of fused-ring (bicyclic) bond motifs is 6. The molecular formula is C74H64Cl2F4N14O14S4. The maximum absolute atomic E-state index is 14.8. The summed E-state index contributed by atoms with van der Waals surface area (Å²) in [5, 5.41) is 36.3. The van der Waals surface area contributed by atoms with E-state index < -0.39 is 98.0 Å². The lowest BCUT2D eigenvalue weighted by Gasteiger charge is -2.24. The molecule has 8 N–H and O–H groups in total. The number of phenolic OH excluding ortho intramolecular Hbond substituents is 2. The van der Waals surface area contributed by atoms with Gasteiger partial charge >= 0.3 is 0 Å². The van der Waals surface area contributed by atoms with E-state index in [1.807, 2.05) is 0 Å². The quantitative estimate of drug-likeness (QED) is 0.0292. The summed E-state index contributed by atoms with van der Waals surface area (Å²) in [6, 6.07) is 26.8. The zero-order valence-electron chi connectivity index (χ0n) is 59.5. The van der Waals surface area contributed by atoms with Crippen LogP contribution in [0.15, 0.2) is 155 Å². The highest BCUT2D eigenvalue weighted by Crippen LogP contribution is 2.39. The third kappa shape index (κ3) is 17.2. The number of carbonyl (C=O) groups is 2. The average molecular weight is 1650 g/mol. The Labute approximate surface area is 643 Å². The number of sulfone groups is 2. The molecule has 6 heterocycles. The average Bonchev–Trinajstić information content (AvgIpc) is 1.49. The van der Waals surface area contributed by atoms with Crippen molar-refractivity contribution in [3.05, 3.63) is 245 Å². The van der Waals surface area contributed by atoms with E-state index >= 15 is 0 Å². The van der Waals surface area contributed by atoms with Crippen molar-refractivity contribution in [1.82, 2.24) is 59.3 Å². The number of sulfonamides is 2. The SMILES string of the molecule is Cn1nc(NS(C)(=O)=O)c2c(Cl)ccc(-n3c([C@H](Cc4cc(F)cc(F)c4)NC(=O)Cc4c[nH]c5ccc(O)cc45)nc4cc(CS(C)(=O)=O)ccc4c3=O)c21.Cn1nc(NS(C)(=O)=O)c2c(Cl)ccc(-n3c([C@H](Cc4cc(F)cc(F)c4)NC(=O)Cc4c[nH]c5ccc(O)cc45)nc4cc(CS(C)(=O)=O)ccc4c3=O)c21. The van der Waals surface area contributed by atoms with Crippen molar-refractivity contribution in [1.29, 1.82) is 0 Å². The summed E-state index contributed by atoms with van der Waals surface area (Å²) >= 11 is 13.2. The molecule has 0 bridgehead atoms. The molecule has 580 valence electrons. The minimum Gasteiger partial charge on any atom is -0.508 e. The van der Waals surface area contributed by atoms with Crippen molar-refractivity contribution in [2.24, 2.45) is 14.1 Å². The molecule has 0 aliphatic carbocycles. The Morgan fingerprint density at radius 3 is 1.20 bits per heavy atom. The number of aromatic nitrogens is 10. The van der Waals surface area contributed by atoms with Gasteiger partial charge in [-0.1, -0.05) is 35.3 Å². The van der Waals surface area contributed by atoms with Crippen LogP contribution in [-0.4, -0.2) is 129 Å². The van der Waals surface area contributed by atoms with Gasteiger partial charge in [0.2, 0.25) is 31.9 Å². The Morgan fingerprint density at radius 2 is 0.848 bits per heavy atom. The molecule has 2 atom stereocenters. The first-order valence-electron chi connectivity index (χ1n) is 33.5. The van der Waals surface area contributed by atoms with E-state index in [1.165, 1.54) is 118 Å². The van der Waals surface area contributed by atoms with Gasteiger partial charge in [0.1, 0.15) is 46.4 Å². The summed E-state index contributed by atoms with van der Waals surface area (Å²) in [5.41, 5.74) is 2.50. The standard InChI is InChI=1S/2C37H32ClF2N7O7S2/c2*1-46-34-31(9-7-27(38)33(34)35(44-46)45-56(3,53)54)47-36(43-29-12-19(18-55(2,51)52)4-6-25(29)37(47)50)30(13-20-10-22(39)15-23(40)11-20)42-32(49)14-21-17-41-28-8-5-24(48)16-26(21)28/h2*4-12,15-17,30,41,48H,13-14,18H2,1-3H3,(H,42,49)(H,44,45)/t2*30-/m00/s1. The smallest absolute Gasteiger partial charge is 0.266 e. The largest absolute Gasteiger partial charge is 0.508 e. The number of amides is 2. The molecule has 14 rings (SSSR count). The lowest BCUT2D eigenvalue weighted by Crippen LogP contribution is -2.36. The van der Waals surface area contributed by atoms with Crippen LogP contribution in [0.5, 0.6) is 11.5 Å². The number of aryl methyl sites for hydroxylation is 2. The van der Waals surface area contributed by atoms with Gasteiger partial charge in [-0.05, 0) is 143 Å². The number of aromatic amines is 2. The summed E-state index contributed by atoms with van der Waals surface area (Å²) in [5.74, 6) is -6.05. The molecular weight excluding hydrogens is 1580 g/mol. The van der Waals surface area contributed by atoms with E-state index in [1.54, 1.807) is 24.5 Å².